The Morgan fingerprint density at radius 2 is 1.90 bits per heavy atom. The van der Waals surface area contributed by atoms with E-state index >= 15 is 0 Å². The molecule has 2 fully saturated rings. The van der Waals surface area contributed by atoms with Crippen LogP contribution in [0.2, 0.25) is 0 Å². The molecule has 2 N–H and O–H groups in total. The molecule has 2 heterocycles. The molecule has 2 amide bonds. The van der Waals surface area contributed by atoms with Crippen molar-refractivity contribution in [2.75, 3.05) is 26.2 Å². The van der Waals surface area contributed by atoms with Gasteiger partial charge >= 0.3 is 6.43 Å². The number of hydrogen-bond acceptors (Lipinski definition) is 3. The number of benzene rings is 1. The lowest BCUT2D eigenvalue weighted by molar-refractivity contribution is -0.145. The van der Waals surface area contributed by atoms with E-state index in [9.17, 15) is 22.8 Å². The summed E-state index contributed by atoms with van der Waals surface area (Å²) in [7, 11) is 0. The minimum atomic E-state index is -2.96. The molecular formula is C22H27F3N4O2. The van der Waals surface area contributed by atoms with Crippen LogP contribution in [0.4, 0.5) is 13.2 Å². The van der Waals surface area contributed by atoms with Crippen molar-refractivity contribution >= 4 is 22.7 Å². The van der Waals surface area contributed by atoms with Gasteiger partial charge in [0.1, 0.15) is 11.5 Å². The maximum atomic E-state index is 14.1. The molecule has 0 radical (unpaired) electrons. The number of amides is 2. The summed E-state index contributed by atoms with van der Waals surface area (Å²) < 4.78 is 39.3. The minimum absolute atomic E-state index is 0.00988. The second-order valence-corrected chi connectivity index (χ2v) is 8.49. The largest absolute Gasteiger partial charge is 0.350 e. The van der Waals surface area contributed by atoms with E-state index in [1.807, 2.05) is 6.92 Å². The molecule has 1 saturated carbocycles. The molecular weight excluding hydrogens is 409 g/mol. The molecule has 2 atom stereocenters. The maximum Gasteiger partial charge on any atom is 0.315 e. The van der Waals surface area contributed by atoms with Gasteiger partial charge in [-0.2, -0.15) is 8.78 Å². The normalized spacial score (nSPS) is 22.8. The van der Waals surface area contributed by atoms with Crippen LogP contribution in [0.15, 0.2) is 18.2 Å². The molecule has 31 heavy (non-hydrogen) atoms. The molecule has 1 aliphatic carbocycles. The molecule has 0 spiro atoms. The first-order chi connectivity index (χ1) is 14.8. The Kier molecular flexibility index (Phi) is 6.22. The summed E-state index contributed by atoms with van der Waals surface area (Å²) >= 11 is 0. The highest BCUT2D eigenvalue weighted by atomic mass is 19.3. The predicted molar refractivity (Wildman–Crippen MR) is 111 cm³/mol. The number of H-pyrrole nitrogens is 1. The predicted octanol–water partition coefficient (Wildman–Crippen LogP) is 3.07. The van der Waals surface area contributed by atoms with Gasteiger partial charge in [-0.05, 0) is 50.3 Å². The average Bonchev–Trinajstić information content (AvgIpc) is 3.23. The van der Waals surface area contributed by atoms with Crippen molar-refractivity contribution in [1.82, 2.24) is 20.1 Å². The fourth-order valence-electron chi connectivity index (χ4n) is 4.78. The second kappa shape index (κ2) is 8.90. The summed E-state index contributed by atoms with van der Waals surface area (Å²) in [4.78, 5) is 30.7. The minimum Gasteiger partial charge on any atom is -0.350 e. The summed E-state index contributed by atoms with van der Waals surface area (Å²) in [6.45, 7) is 3.59. The van der Waals surface area contributed by atoms with Crippen molar-refractivity contribution in [2.24, 2.45) is 0 Å². The molecule has 2 aliphatic rings. The number of nitrogens with one attached hydrogen (secondary N) is 2. The van der Waals surface area contributed by atoms with Crippen LogP contribution >= 0.6 is 0 Å². The number of alkyl halides is 2. The van der Waals surface area contributed by atoms with Crippen LogP contribution in [0.5, 0.6) is 0 Å². The smallest absolute Gasteiger partial charge is 0.315 e. The van der Waals surface area contributed by atoms with Gasteiger partial charge < -0.3 is 15.2 Å². The molecule has 1 aromatic heterocycles. The molecule has 1 aromatic carbocycles. The lowest BCUT2D eigenvalue weighted by Crippen LogP contribution is -2.55. The van der Waals surface area contributed by atoms with Gasteiger partial charge in [0.15, 0.2) is 0 Å². The highest BCUT2D eigenvalue weighted by Crippen LogP contribution is 2.26. The third-order valence-corrected chi connectivity index (χ3v) is 6.50. The van der Waals surface area contributed by atoms with E-state index in [2.05, 4.69) is 15.2 Å². The van der Waals surface area contributed by atoms with Crippen LogP contribution < -0.4 is 5.32 Å². The standard InChI is InChI=1S/C22H27F3N4O2/c1-13-5-6-17(23)16-12-18(27-19(13)16)21(30)26-14-3-2-4-15(11-14)28-7-9-29(10-8-28)22(31)20(24)25/h5-6,12,14-15,20,27H,2-4,7-11H2,1H3,(H,26,30)/t14-,15-/m1/s1. The molecule has 4 rings (SSSR count). The maximum absolute atomic E-state index is 14.1. The highest BCUT2D eigenvalue weighted by molar-refractivity contribution is 5.99. The van der Waals surface area contributed by atoms with Gasteiger partial charge in [-0.3, -0.25) is 14.5 Å². The number of fused-ring (bicyclic) bond motifs is 1. The molecule has 1 aliphatic heterocycles. The molecule has 0 unspecified atom stereocenters. The van der Waals surface area contributed by atoms with E-state index in [1.165, 1.54) is 11.0 Å². The van der Waals surface area contributed by atoms with Gasteiger partial charge in [-0.25, -0.2) is 4.39 Å². The number of carbonyl (C=O) groups excluding carboxylic acids is 2. The Hall–Kier alpha value is -2.55. The molecule has 1 saturated heterocycles. The Bertz CT molecular complexity index is 930. The van der Waals surface area contributed by atoms with Crippen molar-refractivity contribution in [3.05, 3.63) is 35.3 Å². The number of rotatable bonds is 4. The average molecular weight is 436 g/mol. The zero-order chi connectivity index (χ0) is 22.1. The van der Waals surface area contributed by atoms with Crippen molar-refractivity contribution in [2.45, 2.75) is 51.1 Å². The van der Waals surface area contributed by atoms with Crippen molar-refractivity contribution in [3.8, 4) is 0 Å². The molecule has 0 bridgehead atoms. The third kappa shape index (κ3) is 4.56. The number of aryl methyl sites for hydroxylation is 1. The van der Waals surface area contributed by atoms with Gasteiger partial charge in [0.05, 0.1) is 5.52 Å². The molecule has 2 aromatic rings. The zero-order valence-corrected chi connectivity index (χ0v) is 17.5. The molecule has 9 heteroatoms. The molecule has 6 nitrogen and oxygen atoms in total. The second-order valence-electron chi connectivity index (χ2n) is 8.49. The van der Waals surface area contributed by atoms with Gasteiger partial charge in [0, 0.05) is 43.6 Å². The first kappa shape index (κ1) is 21.7. The van der Waals surface area contributed by atoms with E-state index in [4.69, 9.17) is 0 Å². The summed E-state index contributed by atoms with van der Waals surface area (Å²) in [6, 6.07) is 4.85. The van der Waals surface area contributed by atoms with E-state index < -0.39 is 12.3 Å². The Morgan fingerprint density at radius 3 is 2.58 bits per heavy atom. The zero-order valence-electron chi connectivity index (χ0n) is 17.5. The highest BCUT2D eigenvalue weighted by Gasteiger charge is 2.32. The summed E-state index contributed by atoms with van der Waals surface area (Å²) in [5.41, 5.74) is 1.84. The SMILES string of the molecule is Cc1ccc(F)c2cc(C(=O)N[C@@H]3CCC[C@@H](N4CCN(C(=O)C(F)F)CC4)C3)[nH]c12. The lowest BCUT2D eigenvalue weighted by Gasteiger charge is -2.42. The lowest BCUT2D eigenvalue weighted by atomic mass is 9.89. The Morgan fingerprint density at radius 1 is 1.16 bits per heavy atom. The Balaban J connectivity index is 1.35. The third-order valence-electron chi connectivity index (χ3n) is 6.50. The van der Waals surface area contributed by atoms with Gasteiger partial charge in [0.2, 0.25) is 0 Å². The number of nitrogens with zero attached hydrogens (tertiary/aromatic N) is 2. The van der Waals surface area contributed by atoms with Gasteiger partial charge in [-0.1, -0.05) is 6.07 Å². The van der Waals surface area contributed by atoms with E-state index in [1.54, 1.807) is 12.1 Å². The monoisotopic (exact) mass is 436 g/mol. The van der Waals surface area contributed by atoms with E-state index in [-0.39, 0.29) is 23.8 Å². The van der Waals surface area contributed by atoms with Crippen LogP contribution in [0.1, 0.15) is 41.7 Å². The van der Waals surface area contributed by atoms with Crippen molar-refractivity contribution in [3.63, 3.8) is 0 Å². The first-order valence-corrected chi connectivity index (χ1v) is 10.7. The van der Waals surface area contributed by atoms with Crippen LogP contribution in [0, 0.1) is 12.7 Å². The summed E-state index contributed by atoms with van der Waals surface area (Å²) in [5.74, 6) is -1.72. The van der Waals surface area contributed by atoms with E-state index in [0.717, 1.165) is 31.2 Å². The van der Waals surface area contributed by atoms with Crippen molar-refractivity contribution in [1.29, 1.82) is 0 Å². The summed E-state index contributed by atoms with van der Waals surface area (Å²) in [5, 5.41) is 3.47. The number of piperazine rings is 1. The number of aromatic nitrogens is 1. The van der Waals surface area contributed by atoms with Crippen LogP contribution in [-0.2, 0) is 4.79 Å². The number of carbonyl (C=O) groups is 2. The number of halogens is 3. The van der Waals surface area contributed by atoms with Crippen molar-refractivity contribution < 1.29 is 22.8 Å². The van der Waals surface area contributed by atoms with Gasteiger partial charge in [-0.15, -0.1) is 0 Å². The van der Waals surface area contributed by atoms with Crippen LogP contribution in [0.25, 0.3) is 10.9 Å². The quantitative estimate of drug-likeness (QED) is 0.774. The number of hydrogen-bond donors (Lipinski definition) is 2. The van der Waals surface area contributed by atoms with Crippen LogP contribution in [-0.4, -0.2) is 71.3 Å². The fraction of sp³-hybridized carbons (Fsp3) is 0.545. The fourth-order valence-corrected chi connectivity index (χ4v) is 4.78. The topological polar surface area (TPSA) is 68.4 Å². The first-order valence-electron chi connectivity index (χ1n) is 10.7. The molecule has 168 valence electrons. The number of aromatic amines is 1. The van der Waals surface area contributed by atoms with E-state index in [0.29, 0.717) is 42.8 Å². The van der Waals surface area contributed by atoms with Gasteiger partial charge in [0.25, 0.3) is 11.8 Å². The summed E-state index contributed by atoms with van der Waals surface area (Å²) in [6.07, 6.45) is 0.600. The van der Waals surface area contributed by atoms with Crippen LogP contribution in [0.3, 0.4) is 0 Å². The Labute approximate surface area is 178 Å².